The van der Waals surface area contributed by atoms with E-state index in [1.165, 1.54) is 77.0 Å². The van der Waals surface area contributed by atoms with Gasteiger partial charge in [0.05, 0.1) is 26.4 Å². The molecule has 0 rings (SSSR count). The molecule has 3 atom stereocenters. The molecule has 0 aromatic heterocycles. The van der Waals surface area contributed by atoms with Crippen LogP contribution in [0, 0.1) is 0 Å². The van der Waals surface area contributed by atoms with Gasteiger partial charge in [0.2, 0.25) is 0 Å². The number of esters is 1. The zero-order valence-corrected chi connectivity index (χ0v) is 38.3. The van der Waals surface area contributed by atoms with E-state index in [0.29, 0.717) is 13.0 Å². The number of aliphatic hydroxyl groups excluding tert-OH is 2. The van der Waals surface area contributed by atoms with E-state index in [-0.39, 0.29) is 19.6 Å². The number of ether oxygens (including phenoxy) is 2. The van der Waals surface area contributed by atoms with Gasteiger partial charge in [0.1, 0.15) is 12.2 Å². The van der Waals surface area contributed by atoms with E-state index in [2.05, 4.69) is 86.8 Å². The minimum atomic E-state index is -4.53. The molecule has 0 radical (unpaired) electrons. The molecule has 0 spiro atoms. The van der Waals surface area contributed by atoms with Crippen molar-refractivity contribution < 1.29 is 43.0 Å². The Balaban J connectivity index is 4.17. The van der Waals surface area contributed by atoms with E-state index < -0.39 is 39.2 Å². The summed E-state index contributed by atoms with van der Waals surface area (Å²) in [5, 5.41) is 18.4. The van der Waals surface area contributed by atoms with Gasteiger partial charge in [0, 0.05) is 13.0 Å². The Labute approximate surface area is 361 Å². The number of aliphatic hydroxyl groups is 2. The van der Waals surface area contributed by atoms with Crippen molar-refractivity contribution in [1.82, 2.24) is 0 Å². The molecule has 9 nitrogen and oxygen atoms in total. The third kappa shape index (κ3) is 45.3. The molecular formula is C49H87O9P. The van der Waals surface area contributed by atoms with E-state index in [1.54, 1.807) is 0 Å². The van der Waals surface area contributed by atoms with Crippen LogP contribution in [0.2, 0.25) is 0 Å². The number of phosphoric ester groups is 1. The Hall–Kier alpha value is -2.10. The van der Waals surface area contributed by atoms with E-state index in [9.17, 15) is 19.4 Å². The Bertz CT molecular complexity index is 1150. The monoisotopic (exact) mass is 851 g/mol. The molecule has 3 N–H and O–H groups in total. The molecule has 3 unspecified atom stereocenters. The van der Waals surface area contributed by atoms with Crippen LogP contribution in [-0.2, 0) is 27.9 Å². The van der Waals surface area contributed by atoms with Crippen molar-refractivity contribution in [3.8, 4) is 0 Å². The lowest BCUT2D eigenvalue weighted by Gasteiger charge is -2.20. The zero-order valence-electron chi connectivity index (χ0n) is 37.4. The molecule has 0 fully saturated rings. The summed E-state index contributed by atoms with van der Waals surface area (Å²) in [5.74, 6) is -0.397. The second-order valence-corrected chi connectivity index (χ2v) is 16.8. The van der Waals surface area contributed by atoms with Crippen LogP contribution < -0.4 is 0 Å². The van der Waals surface area contributed by atoms with Crippen LogP contribution in [0.3, 0.4) is 0 Å². The maximum absolute atomic E-state index is 12.7. The van der Waals surface area contributed by atoms with Gasteiger partial charge in [-0.05, 0) is 83.5 Å². The van der Waals surface area contributed by atoms with Gasteiger partial charge < -0.3 is 24.6 Å². The molecule has 0 amide bonds. The summed E-state index contributed by atoms with van der Waals surface area (Å²) in [4.78, 5) is 22.6. The number of hydrogen-bond donors (Lipinski definition) is 3. The van der Waals surface area contributed by atoms with Crippen molar-refractivity contribution in [1.29, 1.82) is 0 Å². The molecule has 0 aliphatic rings. The van der Waals surface area contributed by atoms with Crippen LogP contribution in [0.1, 0.15) is 187 Å². The molecule has 342 valence electrons. The van der Waals surface area contributed by atoms with Crippen molar-refractivity contribution in [2.75, 3.05) is 33.0 Å². The highest BCUT2D eigenvalue weighted by atomic mass is 31.2. The first-order valence-electron chi connectivity index (χ1n) is 23.4. The lowest BCUT2D eigenvalue weighted by atomic mass is 10.1. The summed E-state index contributed by atoms with van der Waals surface area (Å²) in [6.45, 7) is 3.35. The van der Waals surface area contributed by atoms with Crippen LogP contribution in [0.5, 0.6) is 0 Å². The normalized spacial score (nSPS) is 14.6. The second kappa shape index (κ2) is 45.4. The van der Waals surface area contributed by atoms with Gasteiger partial charge in [-0.25, -0.2) is 4.57 Å². The topological polar surface area (TPSA) is 132 Å². The standard InChI is InChI=1S/C49H87O9P/c1-3-5-7-9-11-13-15-17-19-21-22-23-24-25-27-29-31-33-35-37-39-41-49(52)58-48(46-57-59(53,54)56-44-47(51)43-50)45-55-42-40-38-36-34-32-30-28-26-20-18-16-14-12-10-8-6-4-2/h5,7,11,13-14,16-17,19-20,22-23,26,47-48,50-51H,3-4,6,8-10,12,15,18,21,24-25,27-46H2,1-2H3,(H,53,54)/b7-5-,13-11-,16-14-,19-17-,23-22-,26-20-. The highest BCUT2D eigenvalue weighted by molar-refractivity contribution is 7.47. The largest absolute Gasteiger partial charge is 0.472 e. The summed E-state index contributed by atoms with van der Waals surface area (Å²) in [6.07, 6.45) is 54.3. The smallest absolute Gasteiger partial charge is 0.457 e. The van der Waals surface area contributed by atoms with Crippen LogP contribution >= 0.6 is 7.82 Å². The van der Waals surface area contributed by atoms with Crippen molar-refractivity contribution in [3.05, 3.63) is 72.9 Å². The summed E-state index contributed by atoms with van der Waals surface area (Å²) in [5.41, 5.74) is 0. The fourth-order valence-electron chi connectivity index (χ4n) is 6.08. The van der Waals surface area contributed by atoms with E-state index in [1.807, 2.05) is 0 Å². The third-order valence-corrected chi connectivity index (χ3v) is 10.6. The predicted molar refractivity (Wildman–Crippen MR) is 246 cm³/mol. The maximum Gasteiger partial charge on any atom is 0.472 e. The van der Waals surface area contributed by atoms with Gasteiger partial charge in [-0.2, -0.15) is 0 Å². The minimum absolute atomic E-state index is 0.0354. The van der Waals surface area contributed by atoms with Gasteiger partial charge in [-0.1, -0.05) is 170 Å². The lowest BCUT2D eigenvalue weighted by molar-refractivity contribution is -0.154. The van der Waals surface area contributed by atoms with Gasteiger partial charge in [0.15, 0.2) is 0 Å². The average Bonchev–Trinajstić information content (AvgIpc) is 3.23. The number of hydrogen-bond acceptors (Lipinski definition) is 8. The number of phosphoric acid groups is 1. The van der Waals surface area contributed by atoms with Crippen LogP contribution in [-0.4, -0.2) is 66.3 Å². The van der Waals surface area contributed by atoms with E-state index >= 15 is 0 Å². The van der Waals surface area contributed by atoms with Crippen molar-refractivity contribution in [2.24, 2.45) is 0 Å². The quantitative estimate of drug-likeness (QED) is 0.0237. The van der Waals surface area contributed by atoms with Gasteiger partial charge in [-0.3, -0.25) is 13.8 Å². The van der Waals surface area contributed by atoms with Crippen molar-refractivity contribution in [3.63, 3.8) is 0 Å². The molecule has 0 aromatic rings. The predicted octanol–water partition coefficient (Wildman–Crippen LogP) is 13.3. The van der Waals surface area contributed by atoms with Crippen LogP contribution in [0.4, 0.5) is 0 Å². The van der Waals surface area contributed by atoms with E-state index in [0.717, 1.165) is 83.5 Å². The molecule has 0 aliphatic heterocycles. The van der Waals surface area contributed by atoms with Crippen molar-refractivity contribution in [2.45, 2.75) is 199 Å². The SMILES string of the molecule is CC/C=C\C/C=C\C/C=C\C/C=C\CCCCCCCCCCC(=O)OC(COCCCCCCCC/C=C\C/C=C\CCCCCC)COP(=O)(O)OCC(O)CO. The molecule has 0 saturated carbocycles. The first-order chi connectivity index (χ1) is 28.8. The Kier molecular flexibility index (Phi) is 43.8. The van der Waals surface area contributed by atoms with E-state index in [4.69, 9.17) is 23.6 Å². The van der Waals surface area contributed by atoms with Crippen molar-refractivity contribution >= 4 is 13.8 Å². The number of carbonyl (C=O) groups excluding carboxylic acids is 1. The number of rotatable bonds is 44. The summed E-state index contributed by atoms with van der Waals surface area (Å²) < 4.78 is 33.4. The van der Waals surface area contributed by atoms with Gasteiger partial charge in [0.25, 0.3) is 0 Å². The number of allylic oxidation sites excluding steroid dienone is 12. The molecule has 0 heterocycles. The fraction of sp³-hybridized carbons (Fsp3) is 0.735. The molecule has 0 saturated heterocycles. The average molecular weight is 851 g/mol. The Morgan fingerprint density at radius 2 is 0.966 bits per heavy atom. The first kappa shape index (κ1) is 56.9. The molecule has 10 heteroatoms. The molecule has 0 bridgehead atoms. The minimum Gasteiger partial charge on any atom is -0.457 e. The lowest BCUT2D eigenvalue weighted by Crippen LogP contribution is -2.29. The molecule has 59 heavy (non-hydrogen) atoms. The Morgan fingerprint density at radius 1 is 0.542 bits per heavy atom. The number of unbranched alkanes of at least 4 members (excludes halogenated alkanes) is 18. The highest BCUT2D eigenvalue weighted by Gasteiger charge is 2.26. The zero-order chi connectivity index (χ0) is 43.2. The molecule has 0 aromatic carbocycles. The second-order valence-electron chi connectivity index (χ2n) is 15.4. The fourth-order valence-corrected chi connectivity index (χ4v) is 6.87. The Morgan fingerprint density at radius 3 is 1.46 bits per heavy atom. The maximum atomic E-state index is 12.7. The van der Waals surface area contributed by atoms with Gasteiger partial charge >= 0.3 is 13.8 Å². The first-order valence-corrected chi connectivity index (χ1v) is 24.9. The summed E-state index contributed by atoms with van der Waals surface area (Å²) >= 11 is 0. The highest BCUT2D eigenvalue weighted by Crippen LogP contribution is 2.43. The summed E-state index contributed by atoms with van der Waals surface area (Å²) in [7, 11) is -4.53. The molecular weight excluding hydrogens is 764 g/mol. The summed E-state index contributed by atoms with van der Waals surface area (Å²) in [6, 6.07) is 0. The number of carbonyl (C=O) groups is 1. The van der Waals surface area contributed by atoms with Crippen LogP contribution in [0.25, 0.3) is 0 Å². The molecule has 0 aliphatic carbocycles. The van der Waals surface area contributed by atoms with Crippen LogP contribution in [0.15, 0.2) is 72.9 Å². The third-order valence-electron chi connectivity index (χ3n) is 9.63. The van der Waals surface area contributed by atoms with Gasteiger partial charge in [-0.15, -0.1) is 0 Å².